The molecule has 0 N–H and O–H groups in total. The lowest BCUT2D eigenvalue weighted by Gasteiger charge is -2.14. The fraction of sp³-hybridized carbons (Fsp3) is 0. The van der Waals surface area contributed by atoms with Crippen LogP contribution in [0.15, 0.2) is 218 Å². The maximum Gasteiger partial charge on any atom is 0.140 e. The van der Waals surface area contributed by atoms with Crippen molar-refractivity contribution < 1.29 is 0 Å². The zero-order valence-electron chi connectivity index (χ0n) is 34.1. The van der Waals surface area contributed by atoms with Crippen molar-refractivity contribution in [3.8, 4) is 28.5 Å². The second-order valence-electron chi connectivity index (χ2n) is 16.7. The summed E-state index contributed by atoms with van der Waals surface area (Å²) in [6.45, 7) is 0. The van der Waals surface area contributed by atoms with E-state index in [9.17, 15) is 0 Å². The Labute approximate surface area is 361 Å². The first-order valence-electron chi connectivity index (χ1n) is 21.6. The molecule has 10 aromatic carbocycles. The van der Waals surface area contributed by atoms with E-state index in [1.165, 1.54) is 86.8 Å². The summed E-state index contributed by atoms with van der Waals surface area (Å²) in [4.78, 5) is 5.40. The van der Waals surface area contributed by atoms with E-state index in [1.807, 2.05) is 0 Å². The molecular weight excluding hydrogens is 765 g/mol. The fourth-order valence-corrected chi connectivity index (χ4v) is 10.7. The Morgan fingerprint density at radius 2 is 0.571 bits per heavy atom. The van der Waals surface area contributed by atoms with E-state index < -0.39 is 0 Å². The third kappa shape index (κ3) is 4.89. The molecule has 4 aromatic heterocycles. The van der Waals surface area contributed by atoms with E-state index in [0.29, 0.717) is 0 Å². The topological polar surface area (TPSA) is 27.7 Å². The van der Waals surface area contributed by atoms with Crippen LogP contribution in [0.5, 0.6) is 0 Å². The summed E-state index contributed by atoms with van der Waals surface area (Å²) in [5.41, 5.74) is 10.5. The van der Waals surface area contributed by atoms with Crippen LogP contribution < -0.4 is 0 Å². The molecule has 0 aliphatic rings. The number of benzene rings is 10. The molecule has 0 spiro atoms. The molecule has 0 saturated heterocycles. The number of rotatable bonds is 4. The van der Waals surface area contributed by atoms with Crippen molar-refractivity contribution in [1.29, 1.82) is 0 Å². The summed E-state index contributed by atoms with van der Waals surface area (Å²) < 4.78 is 7.05. The van der Waals surface area contributed by atoms with Crippen molar-refractivity contribution in [3.63, 3.8) is 0 Å². The first kappa shape index (κ1) is 34.3. The van der Waals surface area contributed by atoms with Gasteiger partial charge < -0.3 is 4.57 Å². The molecule has 63 heavy (non-hydrogen) atoms. The highest BCUT2D eigenvalue weighted by Gasteiger charge is 2.19. The lowest BCUT2D eigenvalue weighted by Crippen LogP contribution is -2.03. The highest BCUT2D eigenvalue weighted by Crippen LogP contribution is 2.41. The van der Waals surface area contributed by atoms with Gasteiger partial charge in [-0.2, -0.15) is 0 Å². The molecular formula is C59H36N4. The maximum absolute atomic E-state index is 5.40. The van der Waals surface area contributed by atoms with Crippen molar-refractivity contribution in [3.05, 3.63) is 218 Å². The van der Waals surface area contributed by atoms with Gasteiger partial charge >= 0.3 is 0 Å². The molecule has 292 valence electrons. The highest BCUT2D eigenvalue weighted by atomic mass is 15.1. The van der Waals surface area contributed by atoms with E-state index in [2.05, 4.69) is 232 Å². The third-order valence-electron chi connectivity index (χ3n) is 13.4. The minimum Gasteiger partial charge on any atom is -0.309 e. The number of nitrogens with zero attached hydrogens (tertiary/aromatic N) is 4. The predicted octanol–water partition coefficient (Wildman–Crippen LogP) is 15.5. The van der Waals surface area contributed by atoms with Crippen LogP contribution in [0.25, 0.3) is 126 Å². The van der Waals surface area contributed by atoms with Gasteiger partial charge in [-0.25, -0.2) is 4.98 Å². The Bertz CT molecular complexity index is 4130. The maximum atomic E-state index is 5.40. The van der Waals surface area contributed by atoms with Crippen LogP contribution in [-0.2, 0) is 0 Å². The molecule has 0 radical (unpaired) electrons. The SMILES string of the molecule is c1cc(-n2c3ccccc3c3ccccc32)nc(-n2c3ccccc3c3cc(-c4ccc5c(c4)c4ccccc4n5-c4ccc5c6ccccc6c6ccccc6c5c4)ccc32)c1. The minimum atomic E-state index is 0.886. The van der Waals surface area contributed by atoms with Gasteiger partial charge in [0.15, 0.2) is 0 Å². The molecule has 4 heterocycles. The second-order valence-corrected chi connectivity index (χ2v) is 16.7. The van der Waals surface area contributed by atoms with E-state index in [4.69, 9.17) is 4.98 Å². The quantitative estimate of drug-likeness (QED) is 0.163. The molecule has 0 aliphatic heterocycles. The van der Waals surface area contributed by atoms with E-state index in [0.717, 1.165) is 39.4 Å². The van der Waals surface area contributed by atoms with Gasteiger partial charge in [0.05, 0.1) is 33.1 Å². The molecule has 0 aliphatic carbocycles. The number of pyridine rings is 1. The van der Waals surface area contributed by atoms with Gasteiger partial charge in [0.2, 0.25) is 0 Å². The van der Waals surface area contributed by atoms with Crippen molar-refractivity contribution in [2.24, 2.45) is 0 Å². The molecule has 0 bridgehead atoms. The van der Waals surface area contributed by atoms with Crippen LogP contribution in [0.4, 0.5) is 0 Å². The summed E-state index contributed by atoms with van der Waals surface area (Å²) in [5.74, 6) is 1.78. The van der Waals surface area contributed by atoms with Gasteiger partial charge in [0.25, 0.3) is 0 Å². The Kier molecular flexibility index (Phi) is 7.08. The zero-order chi connectivity index (χ0) is 41.2. The molecule has 4 nitrogen and oxygen atoms in total. The van der Waals surface area contributed by atoms with Crippen LogP contribution in [-0.4, -0.2) is 18.7 Å². The Hall–Kier alpha value is -8.47. The Morgan fingerprint density at radius 1 is 0.222 bits per heavy atom. The zero-order valence-corrected chi connectivity index (χ0v) is 34.1. The molecule has 0 saturated carbocycles. The lowest BCUT2D eigenvalue weighted by molar-refractivity contribution is 1.01. The number of hydrogen-bond acceptors (Lipinski definition) is 1. The summed E-state index contributed by atoms with van der Waals surface area (Å²) >= 11 is 0. The summed E-state index contributed by atoms with van der Waals surface area (Å²) in [6.07, 6.45) is 0. The lowest BCUT2D eigenvalue weighted by atomic mass is 9.94. The average Bonchev–Trinajstić information content (AvgIpc) is 3.99. The molecule has 14 aromatic rings. The molecule has 0 fully saturated rings. The normalized spacial score (nSPS) is 12.1. The van der Waals surface area contributed by atoms with Crippen molar-refractivity contribution in [2.75, 3.05) is 0 Å². The third-order valence-corrected chi connectivity index (χ3v) is 13.4. The standard InChI is InChI=1S/C59H36N4/c1-2-16-42-40(14-1)41-15-3-4-17-43(41)49-36-39(30-31-44(42)49)61-52-22-9-7-20-47(52)50-34-37(28-32-56(50)61)38-29-33-57-51(35-38)48-21-8-12-25-55(48)63(57)59-27-13-26-58(60-59)62-53-23-10-5-18-45(53)46-19-6-11-24-54(46)62/h1-36H. The number of hydrogen-bond donors (Lipinski definition) is 0. The van der Waals surface area contributed by atoms with Crippen LogP contribution in [0.1, 0.15) is 0 Å². The van der Waals surface area contributed by atoms with Gasteiger partial charge in [-0.1, -0.05) is 146 Å². The molecule has 4 heteroatoms. The number of aromatic nitrogens is 4. The summed E-state index contributed by atoms with van der Waals surface area (Å²) in [5, 5.41) is 15.0. The second kappa shape index (κ2) is 13.0. The highest BCUT2D eigenvalue weighted by molar-refractivity contribution is 6.26. The van der Waals surface area contributed by atoms with E-state index >= 15 is 0 Å². The van der Waals surface area contributed by atoms with Crippen LogP contribution in [0, 0.1) is 0 Å². The molecule has 14 rings (SSSR count). The van der Waals surface area contributed by atoms with Crippen molar-refractivity contribution in [2.45, 2.75) is 0 Å². The first-order valence-corrected chi connectivity index (χ1v) is 21.6. The predicted molar refractivity (Wildman–Crippen MR) is 265 cm³/mol. The van der Waals surface area contributed by atoms with Gasteiger partial charge in [-0.15, -0.1) is 0 Å². The summed E-state index contributed by atoms with van der Waals surface area (Å²) in [7, 11) is 0. The van der Waals surface area contributed by atoms with Crippen LogP contribution in [0.2, 0.25) is 0 Å². The number of para-hydroxylation sites is 4. The monoisotopic (exact) mass is 800 g/mol. The summed E-state index contributed by atoms with van der Waals surface area (Å²) in [6, 6.07) is 79.6. The van der Waals surface area contributed by atoms with Crippen LogP contribution in [0.3, 0.4) is 0 Å². The van der Waals surface area contributed by atoms with E-state index in [1.54, 1.807) is 0 Å². The van der Waals surface area contributed by atoms with Gasteiger partial charge in [-0.3, -0.25) is 9.13 Å². The smallest absolute Gasteiger partial charge is 0.140 e. The molecule has 0 atom stereocenters. The average molecular weight is 801 g/mol. The van der Waals surface area contributed by atoms with Crippen LogP contribution >= 0.6 is 0 Å². The minimum absolute atomic E-state index is 0.886. The Balaban J connectivity index is 0.922. The van der Waals surface area contributed by atoms with Gasteiger partial charge in [0, 0.05) is 38.0 Å². The van der Waals surface area contributed by atoms with Crippen molar-refractivity contribution >= 4 is 97.7 Å². The first-order chi connectivity index (χ1) is 31.3. The van der Waals surface area contributed by atoms with E-state index in [-0.39, 0.29) is 0 Å². The fourth-order valence-electron chi connectivity index (χ4n) is 10.7. The Morgan fingerprint density at radius 3 is 1.05 bits per heavy atom. The molecule has 0 amide bonds. The van der Waals surface area contributed by atoms with Gasteiger partial charge in [0.1, 0.15) is 11.6 Å². The number of fused-ring (bicyclic) bond motifs is 15. The van der Waals surface area contributed by atoms with Gasteiger partial charge in [-0.05, 0) is 116 Å². The van der Waals surface area contributed by atoms with Crippen molar-refractivity contribution in [1.82, 2.24) is 18.7 Å². The molecule has 0 unspecified atom stereocenters. The largest absolute Gasteiger partial charge is 0.309 e.